The second kappa shape index (κ2) is 6.59. The molecular weight excluding hydrogens is 517 g/mol. The molecule has 3 rings (SSSR count). The van der Waals surface area contributed by atoms with E-state index in [1.54, 1.807) is 6.07 Å². The molecule has 0 spiro atoms. The number of alkyl halides is 4. The molecule has 0 aliphatic rings. The molecule has 0 unspecified atom stereocenters. The van der Waals surface area contributed by atoms with Crippen LogP contribution in [0.4, 0.5) is 13.2 Å². The van der Waals surface area contributed by atoms with Crippen LogP contribution in [-0.2, 0) is 6.18 Å². The van der Waals surface area contributed by atoms with Crippen molar-refractivity contribution in [1.82, 2.24) is 0 Å². The lowest BCUT2D eigenvalue weighted by Gasteiger charge is -2.17. The number of hydrogen-bond donors (Lipinski definition) is 1. The summed E-state index contributed by atoms with van der Waals surface area (Å²) in [5.74, 6) is 0. The fourth-order valence-electron chi connectivity index (χ4n) is 2.77. The van der Waals surface area contributed by atoms with Crippen molar-refractivity contribution in [2.24, 2.45) is 0 Å². The molecule has 0 saturated carbocycles. The third-order valence-electron chi connectivity index (χ3n) is 3.83. The highest BCUT2D eigenvalue weighted by molar-refractivity contribution is 9.11. The maximum absolute atomic E-state index is 13.1. The Bertz CT molecular complexity index is 938. The lowest BCUT2D eigenvalue weighted by Crippen LogP contribution is -2.05. The Labute approximate surface area is 161 Å². The van der Waals surface area contributed by atoms with E-state index in [0.717, 1.165) is 22.0 Å². The highest BCUT2D eigenvalue weighted by Gasteiger charge is 2.31. The van der Waals surface area contributed by atoms with Gasteiger partial charge in [0.15, 0.2) is 0 Å². The van der Waals surface area contributed by atoms with E-state index in [1.807, 2.05) is 12.1 Å². The molecule has 7 heteroatoms. The molecule has 0 aliphatic heterocycles. The highest BCUT2D eigenvalue weighted by atomic mass is 79.9. The zero-order chi connectivity index (χ0) is 17.6. The first-order chi connectivity index (χ1) is 11.2. The maximum Gasteiger partial charge on any atom is 0.416 e. The van der Waals surface area contributed by atoms with Gasteiger partial charge in [-0.2, -0.15) is 13.2 Å². The first-order valence-electron chi connectivity index (χ1n) is 6.89. The first kappa shape index (κ1) is 18.2. The minimum Gasteiger partial charge on any atom is -0.388 e. The summed E-state index contributed by atoms with van der Waals surface area (Å²) >= 11 is 10.1. The zero-order valence-electron chi connectivity index (χ0n) is 12.0. The summed E-state index contributed by atoms with van der Waals surface area (Å²) in [6, 6.07) is 9.04. The van der Waals surface area contributed by atoms with E-state index in [4.69, 9.17) is 0 Å². The van der Waals surface area contributed by atoms with Crippen LogP contribution in [0.2, 0.25) is 0 Å². The van der Waals surface area contributed by atoms with Gasteiger partial charge in [0.2, 0.25) is 0 Å². The van der Waals surface area contributed by atoms with Crippen LogP contribution in [0.15, 0.2) is 45.3 Å². The van der Waals surface area contributed by atoms with Gasteiger partial charge >= 0.3 is 6.18 Å². The molecule has 0 saturated heterocycles. The number of aliphatic hydroxyl groups excluding tert-OH is 1. The van der Waals surface area contributed by atoms with Gasteiger partial charge < -0.3 is 5.11 Å². The Morgan fingerprint density at radius 2 is 1.71 bits per heavy atom. The quantitative estimate of drug-likeness (QED) is 0.282. The van der Waals surface area contributed by atoms with E-state index < -0.39 is 17.8 Å². The number of rotatable bonds is 2. The lowest BCUT2D eigenvalue weighted by molar-refractivity contribution is -0.137. The fourth-order valence-corrected chi connectivity index (χ4v) is 4.60. The van der Waals surface area contributed by atoms with Gasteiger partial charge in [-0.25, -0.2) is 0 Å². The van der Waals surface area contributed by atoms with E-state index in [9.17, 15) is 18.3 Å². The average Bonchev–Trinajstić information content (AvgIpc) is 2.51. The number of hydrogen-bond acceptors (Lipinski definition) is 1. The van der Waals surface area contributed by atoms with Crippen molar-refractivity contribution in [3.05, 3.63) is 56.5 Å². The molecule has 0 radical (unpaired) electrons. The maximum atomic E-state index is 13.1. The van der Waals surface area contributed by atoms with Gasteiger partial charge in [-0.15, -0.1) is 0 Å². The first-order valence-corrected chi connectivity index (χ1v) is 9.59. The molecule has 0 amide bonds. The third kappa shape index (κ3) is 3.23. The smallest absolute Gasteiger partial charge is 0.388 e. The second-order valence-corrected chi connectivity index (χ2v) is 7.80. The van der Waals surface area contributed by atoms with Crippen molar-refractivity contribution in [2.75, 3.05) is 5.33 Å². The molecule has 0 aliphatic carbocycles. The third-order valence-corrected chi connectivity index (χ3v) is 5.53. The molecule has 0 bridgehead atoms. The van der Waals surface area contributed by atoms with Gasteiger partial charge in [-0.1, -0.05) is 53.9 Å². The van der Waals surface area contributed by atoms with Crippen molar-refractivity contribution < 1.29 is 18.3 Å². The summed E-state index contributed by atoms with van der Waals surface area (Å²) in [7, 11) is 0. The summed E-state index contributed by atoms with van der Waals surface area (Å²) in [6.07, 6.45) is -5.24. The van der Waals surface area contributed by atoms with Crippen LogP contribution in [0.5, 0.6) is 0 Å². The van der Waals surface area contributed by atoms with E-state index in [-0.39, 0.29) is 0 Å². The lowest BCUT2D eigenvalue weighted by atomic mass is 9.93. The minimum atomic E-state index is -4.42. The molecule has 1 N–H and O–H groups in total. The average molecular weight is 527 g/mol. The standard InChI is InChI=1S/C17H10Br3F3O/c18-7-15(24)12-4-8-3-10(19)6-14(20)16(8)13-5-9(17(21,22)23)1-2-11(12)13/h1-6,15,24H,7H2/t15-/m0/s1. The Hall–Kier alpha value is -0.630. The van der Waals surface area contributed by atoms with Crippen molar-refractivity contribution >= 4 is 69.3 Å². The van der Waals surface area contributed by atoms with E-state index >= 15 is 0 Å². The molecule has 3 aromatic rings. The van der Waals surface area contributed by atoms with Crippen LogP contribution in [-0.4, -0.2) is 10.4 Å². The van der Waals surface area contributed by atoms with Gasteiger partial charge in [0.1, 0.15) is 0 Å². The van der Waals surface area contributed by atoms with Crippen molar-refractivity contribution in [2.45, 2.75) is 12.3 Å². The predicted octanol–water partition coefficient (Wildman–Crippen LogP) is 6.97. The van der Waals surface area contributed by atoms with Gasteiger partial charge in [0.25, 0.3) is 0 Å². The molecular formula is C17H10Br3F3O. The van der Waals surface area contributed by atoms with Gasteiger partial charge in [-0.05, 0) is 52.1 Å². The number of benzene rings is 3. The molecule has 0 aromatic heterocycles. The summed E-state index contributed by atoms with van der Waals surface area (Å²) in [5, 5.41) is 13.0. The van der Waals surface area contributed by atoms with Gasteiger partial charge in [-0.3, -0.25) is 0 Å². The minimum absolute atomic E-state index is 0.295. The highest BCUT2D eigenvalue weighted by Crippen LogP contribution is 2.40. The second-order valence-electron chi connectivity index (χ2n) is 5.38. The zero-order valence-corrected chi connectivity index (χ0v) is 16.7. The SMILES string of the molecule is O[C@@H](CBr)c1cc2cc(Br)cc(Br)c2c2cc(C(F)(F)F)ccc12. The van der Waals surface area contributed by atoms with Crippen LogP contribution >= 0.6 is 47.8 Å². The van der Waals surface area contributed by atoms with Gasteiger partial charge in [0.05, 0.1) is 11.7 Å². The van der Waals surface area contributed by atoms with Gasteiger partial charge in [0, 0.05) is 19.7 Å². The van der Waals surface area contributed by atoms with Crippen LogP contribution in [0, 0.1) is 0 Å². The van der Waals surface area contributed by atoms with Crippen molar-refractivity contribution in [3.8, 4) is 0 Å². The Kier molecular flexibility index (Phi) is 4.99. The van der Waals surface area contributed by atoms with Crippen molar-refractivity contribution in [3.63, 3.8) is 0 Å². The monoisotopic (exact) mass is 524 g/mol. The molecule has 1 atom stereocenters. The number of fused-ring (bicyclic) bond motifs is 3. The normalized spacial score (nSPS) is 13.6. The summed E-state index contributed by atoms with van der Waals surface area (Å²) in [4.78, 5) is 0. The summed E-state index contributed by atoms with van der Waals surface area (Å²) in [6.45, 7) is 0. The molecule has 0 heterocycles. The van der Waals surface area contributed by atoms with Crippen LogP contribution in [0.1, 0.15) is 17.2 Å². The van der Waals surface area contributed by atoms with E-state index in [0.29, 0.717) is 31.5 Å². The summed E-state index contributed by atoms with van der Waals surface area (Å²) in [5.41, 5.74) is -0.121. The largest absolute Gasteiger partial charge is 0.416 e. The molecule has 1 nitrogen and oxygen atoms in total. The molecule has 24 heavy (non-hydrogen) atoms. The van der Waals surface area contributed by atoms with E-state index in [1.165, 1.54) is 6.07 Å². The van der Waals surface area contributed by atoms with Crippen LogP contribution < -0.4 is 0 Å². The van der Waals surface area contributed by atoms with Crippen LogP contribution in [0.25, 0.3) is 21.5 Å². The molecule has 0 fully saturated rings. The van der Waals surface area contributed by atoms with E-state index in [2.05, 4.69) is 47.8 Å². The molecule has 126 valence electrons. The summed E-state index contributed by atoms with van der Waals surface area (Å²) < 4.78 is 40.9. The Morgan fingerprint density at radius 1 is 1.00 bits per heavy atom. The molecule has 3 aromatic carbocycles. The fraction of sp³-hybridized carbons (Fsp3) is 0.176. The predicted molar refractivity (Wildman–Crippen MR) is 101 cm³/mol. The van der Waals surface area contributed by atoms with Crippen molar-refractivity contribution in [1.29, 1.82) is 0 Å². The Balaban J connectivity index is 2.50. The Morgan fingerprint density at radius 3 is 2.33 bits per heavy atom. The topological polar surface area (TPSA) is 20.2 Å². The number of aliphatic hydroxyl groups is 1. The number of halogens is 6. The van der Waals surface area contributed by atoms with Crippen LogP contribution in [0.3, 0.4) is 0 Å².